The van der Waals surface area contributed by atoms with Gasteiger partial charge in [-0.05, 0) is 37.2 Å². The highest BCUT2D eigenvalue weighted by atomic mass is 79.9. The molecular formula is C16H23Br. The van der Waals surface area contributed by atoms with Gasteiger partial charge < -0.3 is 0 Å². The average molecular weight is 295 g/mol. The van der Waals surface area contributed by atoms with Crippen LogP contribution in [0, 0.1) is 12.8 Å². The molecule has 1 saturated carbocycles. The van der Waals surface area contributed by atoms with Crippen LogP contribution < -0.4 is 0 Å². The Morgan fingerprint density at radius 3 is 2.47 bits per heavy atom. The van der Waals surface area contributed by atoms with Gasteiger partial charge in [-0.3, -0.25) is 0 Å². The Balaban J connectivity index is 2.14. The molecule has 0 nitrogen and oxygen atoms in total. The molecule has 1 heteroatoms. The summed E-state index contributed by atoms with van der Waals surface area (Å²) >= 11 is 3.74. The molecular weight excluding hydrogens is 272 g/mol. The predicted molar refractivity (Wildman–Crippen MR) is 78.9 cm³/mol. The van der Waals surface area contributed by atoms with Gasteiger partial charge in [-0.2, -0.15) is 0 Å². The Morgan fingerprint density at radius 1 is 1.18 bits per heavy atom. The van der Waals surface area contributed by atoms with Crippen molar-refractivity contribution in [1.82, 2.24) is 0 Å². The first-order chi connectivity index (χ1) is 8.31. The van der Waals surface area contributed by atoms with Crippen LogP contribution in [0.15, 0.2) is 24.3 Å². The van der Waals surface area contributed by atoms with E-state index < -0.39 is 0 Å². The number of halogens is 1. The molecule has 0 N–H and O–H groups in total. The van der Waals surface area contributed by atoms with Crippen LogP contribution in [0.4, 0.5) is 0 Å². The van der Waals surface area contributed by atoms with Crippen molar-refractivity contribution in [2.45, 2.75) is 51.4 Å². The molecule has 1 aliphatic rings. The van der Waals surface area contributed by atoms with Crippen molar-refractivity contribution in [3.8, 4) is 0 Å². The van der Waals surface area contributed by atoms with Crippen LogP contribution in [0.25, 0.3) is 0 Å². The summed E-state index contributed by atoms with van der Waals surface area (Å²) < 4.78 is 0. The summed E-state index contributed by atoms with van der Waals surface area (Å²) in [4.78, 5) is 0. The van der Waals surface area contributed by atoms with Crippen molar-refractivity contribution < 1.29 is 0 Å². The Hall–Kier alpha value is -0.300. The van der Waals surface area contributed by atoms with Gasteiger partial charge in [-0.15, -0.1) is 0 Å². The second-order valence-electron chi connectivity index (χ2n) is 5.43. The van der Waals surface area contributed by atoms with E-state index in [1.807, 2.05) is 0 Å². The molecule has 1 aliphatic carbocycles. The average Bonchev–Trinajstić information content (AvgIpc) is 2.59. The third-order valence-corrected chi connectivity index (χ3v) is 4.80. The number of benzene rings is 1. The summed E-state index contributed by atoms with van der Waals surface area (Å²) in [6, 6.07) is 9.08. The highest BCUT2D eigenvalue weighted by Crippen LogP contribution is 2.36. The monoisotopic (exact) mass is 294 g/mol. The van der Waals surface area contributed by atoms with Gasteiger partial charge in [0.25, 0.3) is 0 Å². The minimum Gasteiger partial charge on any atom is -0.0921 e. The Bertz CT molecular complexity index is 337. The molecule has 0 radical (unpaired) electrons. The molecule has 94 valence electrons. The fourth-order valence-corrected chi connectivity index (χ4v) is 4.00. The van der Waals surface area contributed by atoms with E-state index in [0.717, 1.165) is 11.2 Å². The minimum atomic E-state index is 0.716. The smallest absolute Gasteiger partial charge is 0.0103 e. The zero-order valence-corrected chi connectivity index (χ0v) is 12.4. The summed E-state index contributed by atoms with van der Waals surface area (Å²) in [5, 5.41) is 1.11. The van der Waals surface area contributed by atoms with Gasteiger partial charge in [0.15, 0.2) is 0 Å². The second kappa shape index (κ2) is 6.58. The summed E-state index contributed by atoms with van der Waals surface area (Å²) in [6.45, 7) is 2.20. The lowest BCUT2D eigenvalue weighted by atomic mass is 9.82. The Kier molecular flexibility index (Phi) is 5.09. The molecule has 0 aliphatic heterocycles. The third kappa shape index (κ3) is 3.58. The zero-order valence-electron chi connectivity index (χ0n) is 10.8. The standard InChI is InChI=1S/C16H23Br/c1-13-7-6-10-15(11-13)16(12-17)14-8-4-2-3-5-9-14/h6-7,10-11,14,16H,2-5,8-9,12H2,1H3. The van der Waals surface area contributed by atoms with Crippen LogP contribution in [0.5, 0.6) is 0 Å². The first kappa shape index (κ1) is 13.1. The largest absolute Gasteiger partial charge is 0.0921 e. The van der Waals surface area contributed by atoms with Crippen molar-refractivity contribution in [3.05, 3.63) is 35.4 Å². The Morgan fingerprint density at radius 2 is 1.88 bits per heavy atom. The first-order valence-corrected chi connectivity index (χ1v) is 8.06. The lowest BCUT2D eigenvalue weighted by Gasteiger charge is -2.25. The fraction of sp³-hybridized carbons (Fsp3) is 0.625. The molecule has 0 bridgehead atoms. The van der Waals surface area contributed by atoms with Crippen LogP contribution in [0.1, 0.15) is 55.6 Å². The maximum Gasteiger partial charge on any atom is 0.0103 e. The highest BCUT2D eigenvalue weighted by molar-refractivity contribution is 9.09. The SMILES string of the molecule is Cc1cccc(C(CBr)C2CCCCCC2)c1. The van der Waals surface area contributed by atoms with Crippen LogP contribution in [0.2, 0.25) is 0 Å². The number of hydrogen-bond donors (Lipinski definition) is 0. The van der Waals surface area contributed by atoms with E-state index in [2.05, 4.69) is 47.1 Å². The van der Waals surface area contributed by atoms with E-state index in [1.54, 1.807) is 0 Å². The second-order valence-corrected chi connectivity index (χ2v) is 6.07. The molecule has 0 heterocycles. The number of hydrogen-bond acceptors (Lipinski definition) is 0. The van der Waals surface area contributed by atoms with Gasteiger partial charge in [-0.25, -0.2) is 0 Å². The van der Waals surface area contributed by atoms with Crippen molar-refractivity contribution >= 4 is 15.9 Å². The third-order valence-electron chi connectivity index (χ3n) is 4.11. The maximum atomic E-state index is 3.74. The minimum absolute atomic E-state index is 0.716. The Labute approximate surface area is 114 Å². The summed E-state index contributed by atoms with van der Waals surface area (Å²) in [5.41, 5.74) is 2.93. The van der Waals surface area contributed by atoms with Crippen molar-refractivity contribution in [1.29, 1.82) is 0 Å². The van der Waals surface area contributed by atoms with Gasteiger partial charge in [0.1, 0.15) is 0 Å². The van der Waals surface area contributed by atoms with E-state index >= 15 is 0 Å². The molecule has 0 amide bonds. The molecule has 1 unspecified atom stereocenters. The maximum absolute atomic E-state index is 3.74. The normalized spacial score (nSPS) is 19.9. The quantitative estimate of drug-likeness (QED) is 0.514. The van der Waals surface area contributed by atoms with Crippen LogP contribution in [-0.2, 0) is 0 Å². The molecule has 0 aromatic heterocycles. The van der Waals surface area contributed by atoms with Gasteiger partial charge in [0, 0.05) is 5.33 Å². The molecule has 0 saturated heterocycles. The van der Waals surface area contributed by atoms with Gasteiger partial charge >= 0.3 is 0 Å². The van der Waals surface area contributed by atoms with E-state index in [9.17, 15) is 0 Å². The fourth-order valence-electron chi connectivity index (χ4n) is 3.10. The van der Waals surface area contributed by atoms with Crippen molar-refractivity contribution in [2.75, 3.05) is 5.33 Å². The van der Waals surface area contributed by atoms with Gasteiger partial charge in [0.05, 0.1) is 0 Å². The van der Waals surface area contributed by atoms with Crippen LogP contribution in [0.3, 0.4) is 0 Å². The summed E-state index contributed by atoms with van der Waals surface area (Å²) in [7, 11) is 0. The lowest BCUT2D eigenvalue weighted by Crippen LogP contribution is -2.14. The summed E-state index contributed by atoms with van der Waals surface area (Å²) in [5.74, 6) is 1.60. The predicted octanol–water partition coefficient (Wildman–Crippen LogP) is 5.44. The van der Waals surface area contributed by atoms with E-state index in [4.69, 9.17) is 0 Å². The summed E-state index contributed by atoms with van der Waals surface area (Å²) in [6.07, 6.45) is 8.59. The molecule has 1 aromatic rings. The van der Waals surface area contributed by atoms with Gasteiger partial charge in [-0.1, -0.05) is 71.4 Å². The van der Waals surface area contributed by atoms with Crippen molar-refractivity contribution in [2.24, 2.45) is 5.92 Å². The molecule has 1 atom stereocenters. The first-order valence-electron chi connectivity index (χ1n) is 6.94. The molecule has 17 heavy (non-hydrogen) atoms. The van der Waals surface area contributed by atoms with Crippen molar-refractivity contribution in [3.63, 3.8) is 0 Å². The molecule has 2 rings (SSSR count). The number of rotatable bonds is 3. The lowest BCUT2D eigenvalue weighted by molar-refractivity contribution is 0.400. The number of alkyl halides is 1. The van der Waals surface area contributed by atoms with Crippen LogP contribution in [-0.4, -0.2) is 5.33 Å². The molecule has 1 fully saturated rings. The number of aryl methyl sites for hydroxylation is 1. The van der Waals surface area contributed by atoms with Crippen LogP contribution >= 0.6 is 15.9 Å². The van der Waals surface area contributed by atoms with E-state index in [-0.39, 0.29) is 0 Å². The van der Waals surface area contributed by atoms with E-state index in [0.29, 0.717) is 5.92 Å². The highest BCUT2D eigenvalue weighted by Gasteiger charge is 2.23. The zero-order chi connectivity index (χ0) is 12.1. The van der Waals surface area contributed by atoms with Gasteiger partial charge in [0.2, 0.25) is 0 Å². The molecule has 1 aromatic carbocycles. The molecule has 0 spiro atoms. The topological polar surface area (TPSA) is 0 Å². The van der Waals surface area contributed by atoms with E-state index in [1.165, 1.54) is 49.7 Å².